The third-order valence-corrected chi connectivity index (χ3v) is 9.16. The van der Waals surface area contributed by atoms with Gasteiger partial charge in [-0.05, 0) is 43.3 Å². The van der Waals surface area contributed by atoms with Crippen molar-refractivity contribution in [2.45, 2.75) is 23.4 Å². The lowest BCUT2D eigenvalue weighted by atomic mass is 10.2. The third kappa shape index (κ3) is 10.4. The van der Waals surface area contributed by atoms with E-state index in [4.69, 9.17) is 0 Å². The summed E-state index contributed by atoms with van der Waals surface area (Å²) in [6.45, 7) is 4.61. The molecule has 3 rings (SSSR count). The van der Waals surface area contributed by atoms with Crippen molar-refractivity contribution in [2.24, 2.45) is 0 Å². The number of carbonyl (C=O) groups excluding carboxylic acids is 1. The number of nitrogens with zero attached hydrogens (tertiary/aromatic N) is 3. The molecule has 0 unspecified atom stereocenters. The van der Waals surface area contributed by atoms with Gasteiger partial charge in [0.2, 0.25) is 0 Å². The molecular formula is C23H18F9N3O8S3. The summed E-state index contributed by atoms with van der Waals surface area (Å²) in [5, 5.41) is 0. The number of carbonyl (C=O) groups is 1. The van der Waals surface area contributed by atoms with Gasteiger partial charge >= 0.3 is 46.7 Å². The van der Waals surface area contributed by atoms with E-state index in [1.165, 1.54) is 25.3 Å². The number of halogens is 9. The molecule has 3 aromatic rings. The molecule has 0 N–H and O–H groups in total. The van der Waals surface area contributed by atoms with E-state index in [1.807, 2.05) is 0 Å². The second-order valence-corrected chi connectivity index (χ2v) is 13.2. The number of aromatic nitrogens is 2. The van der Waals surface area contributed by atoms with Gasteiger partial charge < -0.3 is 4.18 Å². The Balaban J connectivity index is 0.000000372. The number of benzene rings is 1. The molecule has 0 atom stereocenters. The van der Waals surface area contributed by atoms with Gasteiger partial charge in [-0.1, -0.05) is 24.8 Å². The van der Waals surface area contributed by atoms with Crippen LogP contribution in [0.1, 0.15) is 22.8 Å². The predicted octanol–water partition coefficient (Wildman–Crippen LogP) is 5.39. The summed E-state index contributed by atoms with van der Waals surface area (Å²) in [5.41, 5.74) is -18.5. The Kier molecular flexibility index (Phi) is 12.9. The second-order valence-electron chi connectivity index (χ2n) is 7.88. The van der Waals surface area contributed by atoms with Crippen LogP contribution in [0.2, 0.25) is 0 Å². The molecule has 2 heterocycles. The average Bonchev–Trinajstić information content (AvgIpc) is 2.93. The average molecular weight is 732 g/mol. The zero-order chi connectivity index (χ0) is 35.8. The fraction of sp³-hybridized carbons (Fsp3) is 0.174. The first-order valence-corrected chi connectivity index (χ1v) is 15.6. The highest BCUT2D eigenvalue weighted by Crippen LogP contribution is 2.38. The predicted molar refractivity (Wildman–Crippen MR) is 142 cm³/mol. The first-order chi connectivity index (χ1) is 20.8. The molecule has 0 aliphatic heterocycles. The molecule has 2 aromatic heterocycles. The van der Waals surface area contributed by atoms with Crippen molar-refractivity contribution in [3.05, 3.63) is 97.1 Å². The minimum absolute atomic E-state index is 0.0512. The van der Waals surface area contributed by atoms with Gasteiger partial charge in [-0.25, -0.2) is 0 Å². The lowest BCUT2D eigenvalue weighted by Crippen LogP contribution is -2.49. The molecule has 23 heteroatoms. The van der Waals surface area contributed by atoms with Gasteiger partial charge in [-0.3, -0.25) is 14.8 Å². The number of sulfonamides is 2. The molecule has 0 spiro atoms. The van der Waals surface area contributed by atoms with Gasteiger partial charge in [-0.15, -0.1) is 3.71 Å². The molecule has 0 aliphatic carbocycles. The molecule has 11 nitrogen and oxygen atoms in total. The molecule has 0 bridgehead atoms. The summed E-state index contributed by atoms with van der Waals surface area (Å²) >= 11 is 0. The fourth-order valence-electron chi connectivity index (χ4n) is 2.47. The topological polar surface area (TPSA) is 158 Å². The molecule has 1 aromatic carbocycles. The summed E-state index contributed by atoms with van der Waals surface area (Å²) in [5.74, 6) is -0.575. The first-order valence-electron chi connectivity index (χ1n) is 11.3. The molecule has 46 heavy (non-hydrogen) atoms. The Morgan fingerprint density at radius 3 is 1.39 bits per heavy atom. The number of rotatable bonds is 7. The van der Waals surface area contributed by atoms with Crippen LogP contribution >= 0.6 is 0 Å². The molecular weight excluding hydrogens is 713 g/mol. The Morgan fingerprint density at radius 1 is 0.674 bits per heavy atom. The van der Waals surface area contributed by atoms with Crippen molar-refractivity contribution in [2.75, 3.05) is 3.71 Å². The summed E-state index contributed by atoms with van der Waals surface area (Å²) in [6, 6.07) is 10.1. The normalized spacial score (nSPS) is 12.4. The van der Waals surface area contributed by atoms with Crippen LogP contribution in [0.3, 0.4) is 0 Å². The van der Waals surface area contributed by atoms with Crippen LogP contribution in [0.15, 0.2) is 86.0 Å². The van der Waals surface area contributed by atoms with Gasteiger partial charge in [-0.2, -0.15) is 64.8 Å². The van der Waals surface area contributed by atoms with E-state index in [0.717, 1.165) is 24.4 Å². The van der Waals surface area contributed by atoms with Gasteiger partial charge in [0, 0.05) is 35.9 Å². The van der Waals surface area contributed by atoms with Gasteiger partial charge in [0.25, 0.3) is 0 Å². The maximum atomic E-state index is 12.4. The van der Waals surface area contributed by atoms with E-state index in [2.05, 4.69) is 20.7 Å². The zero-order valence-corrected chi connectivity index (χ0v) is 24.9. The molecule has 0 amide bonds. The summed E-state index contributed by atoms with van der Waals surface area (Å²) in [4.78, 5) is 18.0. The highest BCUT2D eigenvalue weighted by molar-refractivity contribution is 8.11. The van der Waals surface area contributed by atoms with Crippen molar-refractivity contribution in [1.82, 2.24) is 9.97 Å². The van der Waals surface area contributed by atoms with Crippen LogP contribution in [0, 0.1) is 0 Å². The smallest absolute Gasteiger partial charge is 0.376 e. The largest absolute Gasteiger partial charge is 0.534 e. The minimum atomic E-state index is -6.81. The first kappa shape index (κ1) is 39.8. The monoisotopic (exact) mass is 731 g/mol. The minimum Gasteiger partial charge on any atom is -0.376 e. The van der Waals surface area contributed by atoms with Crippen LogP contribution in [0.5, 0.6) is 0 Å². The Morgan fingerprint density at radius 2 is 1.09 bits per heavy atom. The van der Waals surface area contributed by atoms with Crippen molar-refractivity contribution >= 4 is 47.4 Å². The van der Waals surface area contributed by atoms with E-state index in [-0.39, 0.29) is 11.3 Å². The maximum Gasteiger partial charge on any atom is 0.534 e. The highest BCUT2D eigenvalue weighted by atomic mass is 32.3. The number of pyridine rings is 2. The molecule has 0 aliphatic rings. The quantitative estimate of drug-likeness (QED) is 0.101. The van der Waals surface area contributed by atoms with E-state index in [1.54, 1.807) is 24.5 Å². The maximum absolute atomic E-state index is 12.4. The molecule has 0 saturated carbocycles. The number of Topliss-reactive ketones (excluding diaryl/α,β-unsaturated/α-hetero) is 1. The second kappa shape index (κ2) is 14.9. The number of anilines is 1. The van der Waals surface area contributed by atoms with Gasteiger partial charge in [0.05, 0.1) is 5.69 Å². The van der Waals surface area contributed by atoms with Crippen LogP contribution in [0.4, 0.5) is 45.2 Å². The number of ketones is 1. The van der Waals surface area contributed by atoms with E-state index < -0.39 is 61.8 Å². The van der Waals surface area contributed by atoms with E-state index in [9.17, 15) is 69.6 Å². The van der Waals surface area contributed by atoms with Crippen molar-refractivity contribution < 1.29 is 73.7 Å². The lowest BCUT2D eigenvalue weighted by Gasteiger charge is -2.25. The summed E-state index contributed by atoms with van der Waals surface area (Å²) in [6.07, 6.45) is 5.71. The van der Waals surface area contributed by atoms with Crippen LogP contribution in [-0.2, 0) is 34.3 Å². The van der Waals surface area contributed by atoms with E-state index >= 15 is 0 Å². The van der Waals surface area contributed by atoms with Crippen molar-refractivity contribution in [1.29, 1.82) is 0 Å². The Hall–Kier alpha value is -4.25. The van der Waals surface area contributed by atoms with Crippen LogP contribution in [-0.4, -0.2) is 57.5 Å². The van der Waals surface area contributed by atoms with Gasteiger partial charge in [0.1, 0.15) is 5.76 Å². The van der Waals surface area contributed by atoms with Crippen LogP contribution in [0.25, 0.3) is 5.76 Å². The highest BCUT2D eigenvalue weighted by Gasteiger charge is 2.61. The zero-order valence-electron chi connectivity index (χ0n) is 22.4. The van der Waals surface area contributed by atoms with Crippen LogP contribution < -0.4 is 3.71 Å². The summed E-state index contributed by atoms with van der Waals surface area (Å²) < 4.78 is 178. The number of alkyl halides is 9. The third-order valence-electron chi connectivity index (χ3n) is 4.53. The van der Waals surface area contributed by atoms with E-state index in [0.29, 0.717) is 17.7 Å². The molecule has 254 valence electrons. The van der Waals surface area contributed by atoms with Crippen molar-refractivity contribution in [3.63, 3.8) is 0 Å². The SMILES string of the molecule is C=C(OS(=O)(=O)C(F)(F)F)c1cccnc1.CC(=O)c1cccnc1.O=S(=O)(N(c1ccccc1)S(=O)(=O)C(F)(F)F)C(F)(F)F. The number of hydrogen-bond donors (Lipinski definition) is 0. The van der Waals surface area contributed by atoms with Gasteiger partial charge in [0.15, 0.2) is 5.78 Å². The molecule has 0 fully saturated rings. The molecule has 0 radical (unpaired) electrons. The standard InChI is InChI=1S/C8H5F6NO4S2.C8H6F3NO3S.C7H7NO/c9-7(10,11)20(16,17)15(6-4-2-1-3-5-6)21(18,19)8(12,13)14;1-6(7-3-2-4-12-5-7)15-16(13,14)8(9,10)11;1-6(9)7-3-2-4-8-5-7/h1-5H;2-5H,1H2;2-5H,1H3. The molecule has 0 saturated heterocycles. The number of para-hydroxylation sites is 1. The number of hydrogen-bond acceptors (Lipinski definition) is 10. The summed E-state index contributed by atoms with van der Waals surface area (Å²) in [7, 11) is -19.3. The lowest BCUT2D eigenvalue weighted by molar-refractivity contribution is -0.0510. The Labute approximate surface area is 255 Å². The fourth-order valence-corrected chi connectivity index (χ4v) is 5.64. The van der Waals surface area contributed by atoms with Crippen molar-refractivity contribution in [3.8, 4) is 0 Å². The Bertz CT molecular complexity index is 1760.